The molecule has 1 heterocycles. The molecule has 1 aliphatic rings. The molecule has 1 aliphatic heterocycles. The Labute approximate surface area is 126 Å². The van der Waals surface area contributed by atoms with Crippen molar-refractivity contribution in [2.45, 2.75) is 19.3 Å². The van der Waals surface area contributed by atoms with Crippen LogP contribution in [-0.2, 0) is 14.4 Å². The second-order valence-corrected chi connectivity index (χ2v) is 4.81. The number of aliphatic carboxylic acids is 1. The van der Waals surface area contributed by atoms with Crippen LogP contribution in [0, 0.1) is 5.82 Å². The van der Waals surface area contributed by atoms with Gasteiger partial charge in [-0.05, 0) is 24.6 Å². The Morgan fingerprint density at radius 3 is 2.82 bits per heavy atom. The number of amides is 2. The molecular weight excluding hydrogens is 291 g/mol. The fourth-order valence-electron chi connectivity index (χ4n) is 2.18. The molecule has 2 N–H and O–H groups in total. The number of carboxylic acids is 1. The molecule has 0 aliphatic carbocycles. The molecule has 0 radical (unpaired) electrons. The van der Waals surface area contributed by atoms with Crippen LogP contribution in [0.2, 0.25) is 0 Å². The predicted octanol–water partition coefficient (Wildman–Crippen LogP) is 1.92. The van der Waals surface area contributed by atoms with Gasteiger partial charge in [-0.3, -0.25) is 9.59 Å². The van der Waals surface area contributed by atoms with Gasteiger partial charge in [-0.2, -0.15) is 0 Å². The van der Waals surface area contributed by atoms with E-state index < -0.39 is 17.7 Å². The number of carbonyl (C=O) groups excluding carboxylic acids is 2. The summed E-state index contributed by atoms with van der Waals surface area (Å²) in [5.74, 6) is -2.24. The lowest BCUT2D eigenvalue weighted by Crippen LogP contribution is -2.25. The maximum Gasteiger partial charge on any atom is 0.327 e. The third kappa shape index (κ3) is 3.91. The molecule has 1 aromatic rings. The van der Waals surface area contributed by atoms with E-state index in [4.69, 9.17) is 5.11 Å². The summed E-state index contributed by atoms with van der Waals surface area (Å²) < 4.78 is 13.8. The highest BCUT2D eigenvalue weighted by atomic mass is 19.1. The van der Waals surface area contributed by atoms with Gasteiger partial charge in [-0.15, -0.1) is 0 Å². The molecule has 0 unspecified atom stereocenters. The Hall–Kier alpha value is -2.70. The van der Waals surface area contributed by atoms with E-state index >= 15 is 0 Å². The zero-order valence-electron chi connectivity index (χ0n) is 11.7. The van der Waals surface area contributed by atoms with Gasteiger partial charge in [-0.1, -0.05) is 6.08 Å². The molecule has 116 valence electrons. The van der Waals surface area contributed by atoms with E-state index in [0.29, 0.717) is 25.1 Å². The van der Waals surface area contributed by atoms with E-state index in [-0.39, 0.29) is 18.0 Å². The van der Waals surface area contributed by atoms with Crippen LogP contribution in [0.15, 0.2) is 30.4 Å². The first-order valence-corrected chi connectivity index (χ1v) is 6.76. The number of anilines is 2. The van der Waals surface area contributed by atoms with Gasteiger partial charge in [0.2, 0.25) is 11.8 Å². The summed E-state index contributed by atoms with van der Waals surface area (Å²) in [6.45, 7) is 0.453. The second kappa shape index (κ2) is 6.84. The molecule has 0 saturated carbocycles. The lowest BCUT2D eigenvalue weighted by Gasteiger charge is -2.17. The number of carboxylic acid groups (broad SMARTS) is 1. The zero-order valence-corrected chi connectivity index (χ0v) is 11.7. The van der Waals surface area contributed by atoms with E-state index in [1.807, 2.05) is 0 Å². The average Bonchev–Trinajstić information content (AvgIpc) is 2.86. The molecule has 0 spiro atoms. The number of rotatable bonds is 5. The SMILES string of the molecule is O=C(O)/C=C/CC(=O)Nc1ccc(F)c(N2CCCC2=O)c1. The maximum atomic E-state index is 13.8. The summed E-state index contributed by atoms with van der Waals surface area (Å²) in [6, 6.07) is 3.97. The van der Waals surface area contributed by atoms with Crippen LogP contribution in [0.1, 0.15) is 19.3 Å². The lowest BCUT2D eigenvalue weighted by molar-refractivity contribution is -0.131. The number of carbonyl (C=O) groups is 3. The van der Waals surface area contributed by atoms with Gasteiger partial charge in [0.1, 0.15) is 5.82 Å². The van der Waals surface area contributed by atoms with Crippen LogP contribution >= 0.6 is 0 Å². The van der Waals surface area contributed by atoms with E-state index in [9.17, 15) is 18.8 Å². The van der Waals surface area contributed by atoms with E-state index in [2.05, 4.69) is 5.32 Å². The highest BCUT2D eigenvalue weighted by Crippen LogP contribution is 2.27. The minimum absolute atomic E-state index is 0.109. The van der Waals surface area contributed by atoms with Crippen LogP contribution < -0.4 is 10.2 Å². The van der Waals surface area contributed by atoms with Crippen molar-refractivity contribution >= 4 is 29.2 Å². The van der Waals surface area contributed by atoms with Gasteiger partial charge in [0.25, 0.3) is 0 Å². The molecule has 1 aromatic carbocycles. The molecule has 1 saturated heterocycles. The molecule has 6 nitrogen and oxygen atoms in total. The predicted molar refractivity (Wildman–Crippen MR) is 78.0 cm³/mol. The zero-order chi connectivity index (χ0) is 16.1. The summed E-state index contributed by atoms with van der Waals surface area (Å²) >= 11 is 0. The Morgan fingerprint density at radius 1 is 1.41 bits per heavy atom. The van der Waals surface area contributed by atoms with Crippen molar-refractivity contribution in [3.8, 4) is 0 Å². The Kier molecular flexibility index (Phi) is 4.88. The summed E-state index contributed by atoms with van der Waals surface area (Å²) in [4.78, 5) is 35.0. The highest BCUT2D eigenvalue weighted by molar-refractivity contribution is 5.97. The van der Waals surface area contributed by atoms with Crippen molar-refractivity contribution in [1.29, 1.82) is 0 Å². The third-order valence-corrected chi connectivity index (χ3v) is 3.16. The van der Waals surface area contributed by atoms with Crippen LogP contribution in [-0.4, -0.2) is 29.4 Å². The van der Waals surface area contributed by atoms with Crippen molar-refractivity contribution < 1.29 is 23.9 Å². The Morgan fingerprint density at radius 2 is 2.18 bits per heavy atom. The summed E-state index contributed by atoms with van der Waals surface area (Å²) in [5.41, 5.74) is 0.492. The van der Waals surface area contributed by atoms with Crippen molar-refractivity contribution in [1.82, 2.24) is 0 Å². The van der Waals surface area contributed by atoms with E-state index in [1.54, 1.807) is 0 Å². The number of halogens is 1. The summed E-state index contributed by atoms with van der Waals surface area (Å²) in [7, 11) is 0. The molecule has 2 amide bonds. The Bertz CT molecular complexity index is 642. The van der Waals surface area contributed by atoms with Crippen molar-refractivity contribution in [2.24, 2.45) is 0 Å². The largest absolute Gasteiger partial charge is 0.478 e. The van der Waals surface area contributed by atoms with Crippen LogP contribution in [0.3, 0.4) is 0 Å². The van der Waals surface area contributed by atoms with Crippen LogP contribution in [0.25, 0.3) is 0 Å². The number of hydrogen-bond donors (Lipinski definition) is 2. The molecular formula is C15H15FN2O4. The molecule has 7 heteroatoms. The summed E-state index contributed by atoms with van der Waals surface area (Å²) in [6.07, 6.45) is 3.04. The minimum atomic E-state index is -1.13. The normalized spacial score (nSPS) is 14.6. The third-order valence-electron chi connectivity index (χ3n) is 3.16. The summed E-state index contributed by atoms with van der Waals surface area (Å²) in [5, 5.41) is 11.0. The molecule has 1 fully saturated rings. The molecule has 0 bridgehead atoms. The van der Waals surface area contributed by atoms with Gasteiger partial charge in [0.05, 0.1) is 5.69 Å². The number of nitrogens with one attached hydrogen (secondary N) is 1. The van der Waals surface area contributed by atoms with Gasteiger partial charge in [0, 0.05) is 31.1 Å². The second-order valence-electron chi connectivity index (χ2n) is 4.81. The van der Waals surface area contributed by atoms with Crippen LogP contribution in [0.4, 0.5) is 15.8 Å². The van der Waals surface area contributed by atoms with E-state index in [1.165, 1.54) is 29.2 Å². The fourth-order valence-corrected chi connectivity index (χ4v) is 2.18. The van der Waals surface area contributed by atoms with E-state index in [0.717, 1.165) is 6.08 Å². The quantitative estimate of drug-likeness (QED) is 0.814. The van der Waals surface area contributed by atoms with Gasteiger partial charge in [0.15, 0.2) is 0 Å². The minimum Gasteiger partial charge on any atom is -0.478 e. The Balaban J connectivity index is 2.07. The molecule has 22 heavy (non-hydrogen) atoms. The topological polar surface area (TPSA) is 86.7 Å². The smallest absolute Gasteiger partial charge is 0.327 e. The first kappa shape index (κ1) is 15.7. The first-order valence-electron chi connectivity index (χ1n) is 6.76. The highest BCUT2D eigenvalue weighted by Gasteiger charge is 2.24. The van der Waals surface area contributed by atoms with Gasteiger partial charge in [-0.25, -0.2) is 9.18 Å². The molecule has 0 atom stereocenters. The standard InChI is InChI=1S/C15H15FN2O4/c16-11-7-6-10(17-13(19)3-1-5-15(21)22)9-12(11)18-8-2-4-14(18)20/h1,5-7,9H,2-4,8H2,(H,17,19)(H,21,22)/b5-1+. The van der Waals surface area contributed by atoms with Crippen molar-refractivity contribution in [3.63, 3.8) is 0 Å². The molecule has 0 aromatic heterocycles. The fraction of sp³-hybridized carbons (Fsp3) is 0.267. The monoisotopic (exact) mass is 306 g/mol. The van der Waals surface area contributed by atoms with Crippen LogP contribution in [0.5, 0.6) is 0 Å². The lowest BCUT2D eigenvalue weighted by atomic mass is 10.2. The van der Waals surface area contributed by atoms with Gasteiger partial charge >= 0.3 is 5.97 Å². The van der Waals surface area contributed by atoms with Crippen molar-refractivity contribution in [2.75, 3.05) is 16.8 Å². The number of nitrogens with zero attached hydrogens (tertiary/aromatic N) is 1. The van der Waals surface area contributed by atoms with Gasteiger partial charge < -0.3 is 15.3 Å². The number of benzene rings is 1. The van der Waals surface area contributed by atoms with Crippen molar-refractivity contribution in [3.05, 3.63) is 36.2 Å². The molecule has 2 rings (SSSR count). The maximum absolute atomic E-state index is 13.8. The number of hydrogen-bond acceptors (Lipinski definition) is 3. The first-order chi connectivity index (χ1) is 10.5. The average molecular weight is 306 g/mol.